The van der Waals surface area contributed by atoms with Gasteiger partial charge in [0.05, 0.1) is 5.75 Å². The largest absolute Gasteiger partial charge is 0.212 e. The molecule has 0 spiro atoms. The van der Waals surface area contributed by atoms with Gasteiger partial charge in [-0.1, -0.05) is 27.7 Å². The van der Waals surface area contributed by atoms with Gasteiger partial charge in [-0.05, 0) is 36.5 Å². The molecule has 108 valence electrons. The Morgan fingerprint density at radius 2 is 1.67 bits per heavy atom. The van der Waals surface area contributed by atoms with Gasteiger partial charge in [0, 0.05) is 11.9 Å². The van der Waals surface area contributed by atoms with Gasteiger partial charge in [0.1, 0.15) is 0 Å². The van der Waals surface area contributed by atoms with Crippen LogP contribution in [0.3, 0.4) is 0 Å². The van der Waals surface area contributed by atoms with Crippen LogP contribution < -0.4 is 4.72 Å². The van der Waals surface area contributed by atoms with Crippen molar-refractivity contribution in [3.8, 4) is 0 Å². The minimum Gasteiger partial charge on any atom is -0.212 e. The molecule has 1 aliphatic carbocycles. The van der Waals surface area contributed by atoms with Crippen molar-refractivity contribution in [1.82, 2.24) is 4.72 Å². The Balaban J connectivity index is 2.67. The predicted molar refractivity (Wildman–Crippen MR) is 77.5 cm³/mol. The van der Waals surface area contributed by atoms with Gasteiger partial charge in [-0.3, -0.25) is 0 Å². The van der Waals surface area contributed by atoms with Crippen molar-refractivity contribution >= 4 is 21.6 Å². The van der Waals surface area contributed by atoms with Gasteiger partial charge in [0.2, 0.25) is 10.0 Å². The first-order valence-corrected chi connectivity index (χ1v) is 8.80. The molecule has 0 heterocycles. The first-order valence-electron chi connectivity index (χ1n) is 6.61. The SMILES string of the molecule is CC1(C)CC(NS(=O)(=O)CCCCl)CC(C)(C)C1. The highest BCUT2D eigenvalue weighted by Crippen LogP contribution is 2.45. The fraction of sp³-hybridized carbons (Fsp3) is 1.00. The van der Waals surface area contributed by atoms with Crippen molar-refractivity contribution in [3.63, 3.8) is 0 Å². The fourth-order valence-corrected chi connectivity index (χ4v) is 5.10. The molecule has 0 bridgehead atoms. The molecule has 1 aliphatic rings. The Kier molecular flexibility index (Phi) is 5.13. The maximum atomic E-state index is 11.9. The Bertz CT molecular complexity index is 360. The van der Waals surface area contributed by atoms with E-state index < -0.39 is 10.0 Å². The summed E-state index contributed by atoms with van der Waals surface area (Å²) in [6, 6.07) is 0.0593. The highest BCUT2D eigenvalue weighted by molar-refractivity contribution is 7.89. The van der Waals surface area contributed by atoms with Crippen molar-refractivity contribution < 1.29 is 8.42 Å². The van der Waals surface area contributed by atoms with Crippen LogP contribution in [0.1, 0.15) is 53.4 Å². The number of nitrogens with one attached hydrogen (secondary N) is 1. The number of sulfonamides is 1. The number of alkyl halides is 1. The van der Waals surface area contributed by atoms with Crippen LogP contribution >= 0.6 is 11.6 Å². The molecule has 0 unspecified atom stereocenters. The topological polar surface area (TPSA) is 46.2 Å². The molecule has 5 heteroatoms. The second kappa shape index (κ2) is 5.68. The van der Waals surface area contributed by atoms with Crippen LogP contribution in [0.4, 0.5) is 0 Å². The van der Waals surface area contributed by atoms with E-state index in [1.165, 1.54) is 0 Å². The van der Waals surface area contributed by atoms with E-state index >= 15 is 0 Å². The first kappa shape index (κ1) is 16.3. The Hall–Kier alpha value is 0.200. The van der Waals surface area contributed by atoms with Crippen molar-refractivity contribution in [1.29, 1.82) is 0 Å². The monoisotopic (exact) mass is 295 g/mol. The maximum absolute atomic E-state index is 11.9. The Labute approximate surface area is 117 Å². The average Bonchev–Trinajstić information content (AvgIpc) is 2.08. The van der Waals surface area contributed by atoms with E-state index in [-0.39, 0.29) is 22.6 Å². The van der Waals surface area contributed by atoms with Crippen molar-refractivity contribution in [2.45, 2.75) is 59.4 Å². The van der Waals surface area contributed by atoms with Gasteiger partial charge in [-0.2, -0.15) is 0 Å². The molecule has 0 aromatic rings. The Morgan fingerprint density at radius 3 is 2.11 bits per heavy atom. The van der Waals surface area contributed by atoms with E-state index in [0.717, 1.165) is 19.3 Å². The molecule has 0 saturated heterocycles. The fourth-order valence-electron chi connectivity index (χ4n) is 3.49. The van der Waals surface area contributed by atoms with Crippen LogP contribution in [0.2, 0.25) is 0 Å². The highest BCUT2D eigenvalue weighted by Gasteiger charge is 2.39. The molecule has 0 aliphatic heterocycles. The molecule has 3 nitrogen and oxygen atoms in total. The van der Waals surface area contributed by atoms with Gasteiger partial charge < -0.3 is 0 Å². The normalized spacial score (nSPS) is 24.1. The average molecular weight is 296 g/mol. The van der Waals surface area contributed by atoms with Crippen LogP contribution in [0.25, 0.3) is 0 Å². The van der Waals surface area contributed by atoms with E-state index in [0.29, 0.717) is 12.3 Å². The minimum atomic E-state index is -3.18. The van der Waals surface area contributed by atoms with E-state index in [1.54, 1.807) is 0 Å². The minimum absolute atomic E-state index is 0.0593. The second-order valence-corrected chi connectivity index (χ2v) is 9.34. The summed E-state index contributed by atoms with van der Waals surface area (Å²) in [7, 11) is -3.18. The molecule has 1 saturated carbocycles. The molecule has 0 atom stereocenters. The molecular weight excluding hydrogens is 270 g/mol. The van der Waals surface area contributed by atoms with Crippen LogP contribution in [0.15, 0.2) is 0 Å². The van der Waals surface area contributed by atoms with Crippen molar-refractivity contribution in [2.24, 2.45) is 10.8 Å². The lowest BCUT2D eigenvalue weighted by Crippen LogP contribution is -2.46. The van der Waals surface area contributed by atoms with E-state index in [2.05, 4.69) is 32.4 Å². The quantitative estimate of drug-likeness (QED) is 0.792. The molecule has 0 amide bonds. The summed E-state index contributed by atoms with van der Waals surface area (Å²) in [4.78, 5) is 0. The van der Waals surface area contributed by atoms with E-state index in [1.807, 2.05) is 0 Å². The lowest BCUT2D eigenvalue weighted by molar-refractivity contribution is 0.0934. The molecule has 1 rings (SSSR count). The lowest BCUT2D eigenvalue weighted by Gasteiger charge is -2.45. The zero-order chi connectivity index (χ0) is 14.0. The van der Waals surface area contributed by atoms with Crippen LogP contribution in [-0.4, -0.2) is 26.1 Å². The van der Waals surface area contributed by atoms with Crippen LogP contribution in [-0.2, 0) is 10.0 Å². The summed E-state index contributed by atoms with van der Waals surface area (Å²) in [6.07, 6.45) is 3.48. The first-order chi connectivity index (χ1) is 8.05. The van der Waals surface area contributed by atoms with E-state index in [9.17, 15) is 8.42 Å². The lowest BCUT2D eigenvalue weighted by atomic mass is 9.64. The third-order valence-corrected chi connectivity index (χ3v) is 5.23. The number of hydrogen-bond donors (Lipinski definition) is 1. The number of halogens is 1. The summed E-state index contributed by atoms with van der Waals surface area (Å²) in [5, 5.41) is 0. The van der Waals surface area contributed by atoms with Gasteiger partial charge in [-0.25, -0.2) is 13.1 Å². The highest BCUT2D eigenvalue weighted by atomic mass is 35.5. The van der Waals surface area contributed by atoms with Gasteiger partial charge in [0.25, 0.3) is 0 Å². The summed E-state index contributed by atoms with van der Waals surface area (Å²) in [6.45, 7) is 8.86. The standard InChI is InChI=1S/C13H26ClNO2S/c1-12(2)8-11(9-13(3,4)10-12)15-18(16,17)7-5-6-14/h11,15H,5-10H2,1-4H3. The van der Waals surface area contributed by atoms with Gasteiger partial charge >= 0.3 is 0 Å². The molecule has 1 N–H and O–H groups in total. The smallest absolute Gasteiger partial charge is 0.211 e. The molecule has 1 fully saturated rings. The zero-order valence-electron chi connectivity index (χ0n) is 11.9. The Morgan fingerprint density at radius 1 is 1.17 bits per heavy atom. The molecule has 0 aromatic carbocycles. The van der Waals surface area contributed by atoms with Crippen molar-refractivity contribution in [2.75, 3.05) is 11.6 Å². The van der Waals surface area contributed by atoms with Crippen LogP contribution in [0.5, 0.6) is 0 Å². The summed E-state index contributed by atoms with van der Waals surface area (Å²) < 4.78 is 26.7. The molecular formula is C13H26ClNO2S. The van der Waals surface area contributed by atoms with Crippen LogP contribution in [0, 0.1) is 10.8 Å². The molecule has 0 aromatic heterocycles. The number of hydrogen-bond acceptors (Lipinski definition) is 2. The summed E-state index contributed by atoms with van der Waals surface area (Å²) in [5.74, 6) is 0.524. The third kappa shape index (κ3) is 5.45. The summed E-state index contributed by atoms with van der Waals surface area (Å²) in [5.41, 5.74) is 0.392. The second-order valence-electron chi connectivity index (χ2n) is 7.09. The zero-order valence-corrected chi connectivity index (χ0v) is 13.5. The van der Waals surface area contributed by atoms with E-state index in [4.69, 9.17) is 11.6 Å². The maximum Gasteiger partial charge on any atom is 0.211 e. The summed E-state index contributed by atoms with van der Waals surface area (Å²) >= 11 is 5.55. The predicted octanol–water partition coefficient (Wildman–Crippen LogP) is 3.14. The van der Waals surface area contributed by atoms with Crippen molar-refractivity contribution in [3.05, 3.63) is 0 Å². The van der Waals surface area contributed by atoms with Gasteiger partial charge in [-0.15, -0.1) is 11.6 Å². The third-order valence-electron chi connectivity index (χ3n) is 3.45. The van der Waals surface area contributed by atoms with Gasteiger partial charge in [0.15, 0.2) is 0 Å². The molecule has 0 radical (unpaired) electrons. The molecule has 18 heavy (non-hydrogen) atoms. The number of rotatable bonds is 5.